The lowest BCUT2D eigenvalue weighted by Gasteiger charge is -2.21. The van der Waals surface area contributed by atoms with Crippen LogP contribution in [0.1, 0.15) is 32.1 Å². The summed E-state index contributed by atoms with van der Waals surface area (Å²) in [7, 11) is 0. The van der Waals surface area contributed by atoms with E-state index in [1.807, 2.05) is 0 Å². The van der Waals surface area contributed by atoms with Gasteiger partial charge in [0.2, 0.25) is 11.8 Å². The molecule has 0 atom stereocenters. The SMILES string of the molecule is NNc1ncc(Cl)c(OCC2CCCCC2)n1. The van der Waals surface area contributed by atoms with Crippen LogP contribution in [-0.4, -0.2) is 16.6 Å². The van der Waals surface area contributed by atoms with Crippen molar-refractivity contribution in [3.63, 3.8) is 0 Å². The summed E-state index contributed by atoms with van der Waals surface area (Å²) in [6.07, 6.45) is 7.86. The molecule has 1 saturated carbocycles. The third-order valence-corrected chi connectivity index (χ3v) is 3.28. The summed E-state index contributed by atoms with van der Waals surface area (Å²) >= 11 is 5.95. The van der Waals surface area contributed by atoms with Gasteiger partial charge < -0.3 is 4.74 Å². The van der Waals surface area contributed by atoms with Crippen molar-refractivity contribution < 1.29 is 4.74 Å². The van der Waals surface area contributed by atoms with E-state index in [2.05, 4.69) is 15.4 Å². The van der Waals surface area contributed by atoms with Gasteiger partial charge >= 0.3 is 0 Å². The zero-order valence-electron chi connectivity index (χ0n) is 9.66. The fraction of sp³-hybridized carbons (Fsp3) is 0.636. The Morgan fingerprint density at radius 1 is 1.41 bits per heavy atom. The van der Waals surface area contributed by atoms with Gasteiger partial charge in [-0.3, -0.25) is 5.43 Å². The highest BCUT2D eigenvalue weighted by Gasteiger charge is 2.15. The normalized spacial score (nSPS) is 16.8. The number of ether oxygens (including phenoxy) is 1. The monoisotopic (exact) mass is 256 g/mol. The van der Waals surface area contributed by atoms with Crippen LogP contribution < -0.4 is 16.0 Å². The lowest BCUT2D eigenvalue weighted by molar-refractivity contribution is 0.203. The average Bonchev–Trinajstić information content (AvgIpc) is 2.39. The molecule has 1 fully saturated rings. The van der Waals surface area contributed by atoms with Crippen molar-refractivity contribution in [1.29, 1.82) is 0 Å². The molecule has 1 heterocycles. The first-order valence-electron chi connectivity index (χ1n) is 5.91. The van der Waals surface area contributed by atoms with Crippen molar-refractivity contribution in [1.82, 2.24) is 9.97 Å². The third-order valence-electron chi connectivity index (χ3n) is 3.02. The van der Waals surface area contributed by atoms with E-state index in [0.717, 1.165) is 0 Å². The minimum Gasteiger partial charge on any atom is -0.476 e. The molecule has 6 heteroatoms. The summed E-state index contributed by atoms with van der Waals surface area (Å²) in [6.45, 7) is 0.667. The molecule has 0 radical (unpaired) electrons. The Balaban J connectivity index is 1.92. The zero-order valence-corrected chi connectivity index (χ0v) is 10.4. The summed E-state index contributed by atoms with van der Waals surface area (Å²) < 4.78 is 5.64. The van der Waals surface area contributed by atoms with Crippen LogP contribution in [0.15, 0.2) is 6.20 Å². The summed E-state index contributed by atoms with van der Waals surface area (Å²) in [5.74, 6) is 6.56. The van der Waals surface area contributed by atoms with Crippen molar-refractivity contribution >= 4 is 17.5 Å². The van der Waals surface area contributed by atoms with E-state index in [1.54, 1.807) is 0 Å². The third kappa shape index (κ3) is 3.44. The summed E-state index contributed by atoms with van der Waals surface area (Å²) in [6, 6.07) is 0. The maximum atomic E-state index is 5.95. The van der Waals surface area contributed by atoms with E-state index < -0.39 is 0 Å². The first-order chi connectivity index (χ1) is 8.29. The first-order valence-corrected chi connectivity index (χ1v) is 6.29. The van der Waals surface area contributed by atoms with Crippen molar-refractivity contribution in [2.75, 3.05) is 12.0 Å². The molecule has 0 unspecified atom stereocenters. The topological polar surface area (TPSA) is 73.1 Å². The summed E-state index contributed by atoms with van der Waals surface area (Å²) in [5, 5.41) is 0.416. The van der Waals surface area contributed by atoms with E-state index in [4.69, 9.17) is 22.2 Å². The van der Waals surface area contributed by atoms with Gasteiger partial charge in [-0.25, -0.2) is 10.8 Å². The van der Waals surface area contributed by atoms with Crippen molar-refractivity contribution in [3.05, 3.63) is 11.2 Å². The van der Waals surface area contributed by atoms with Crippen LogP contribution in [0, 0.1) is 5.92 Å². The average molecular weight is 257 g/mol. The number of hydrazine groups is 1. The highest BCUT2D eigenvalue weighted by Crippen LogP contribution is 2.26. The molecule has 0 aliphatic heterocycles. The second kappa shape index (κ2) is 6.02. The standard InChI is InChI=1S/C11H17ClN4O/c12-9-6-14-11(16-13)15-10(9)17-7-8-4-2-1-3-5-8/h6,8H,1-5,7,13H2,(H,14,15,16). The van der Waals surface area contributed by atoms with E-state index in [9.17, 15) is 0 Å². The van der Waals surface area contributed by atoms with Crippen LogP contribution in [-0.2, 0) is 0 Å². The van der Waals surface area contributed by atoms with Gasteiger partial charge in [0, 0.05) is 0 Å². The molecule has 94 valence electrons. The van der Waals surface area contributed by atoms with Gasteiger partial charge in [-0.2, -0.15) is 4.98 Å². The lowest BCUT2D eigenvalue weighted by atomic mass is 9.90. The molecule has 3 N–H and O–H groups in total. The van der Waals surface area contributed by atoms with Crippen molar-refractivity contribution in [2.24, 2.45) is 11.8 Å². The molecule has 17 heavy (non-hydrogen) atoms. The van der Waals surface area contributed by atoms with Crippen LogP contribution in [0.25, 0.3) is 0 Å². The minimum absolute atomic E-state index is 0.313. The van der Waals surface area contributed by atoms with Crippen LogP contribution >= 0.6 is 11.6 Å². The predicted molar refractivity (Wildman–Crippen MR) is 66.9 cm³/mol. The molecule has 1 aromatic rings. The summed E-state index contributed by atoms with van der Waals surface area (Å²) in [5.41, 5.74) is 2.37. The minimum atomic E-state index is 0.313. The van der Waals surface area contributed by atoms with Gasteiger partial charge in [-0.1, -0.05) is 30.9 Å². The van der Waals surface area contributed by atoms with Crippen LogP contribution in [0.4, 0.5) is 5.95 Å². The number of nitrogens with two attached hydrogens (primary N) is 1. The molecule has 1 aromatic heterocycles. The molecule has 0 amide bonds. The quantitative estimate of drug-likeness (QED) is 0.639. The Morgan fingerprint density at radius 2 is 2.18 bits per heavy atom. The maximum absolute atomic E-state index is 5.95. The number of rotatable bonds is 4. The number of nitrogen functional groups attached to an aromatic ring is 1. The van der Waals surface area contributed by atoms with Crippen LogP contribution in [0.5, 0.6) is 5.88 Å². The lowest BCUT2D eigenvalue weighted by Crippen LogP contribution is -2.17. The number of hydrogen-bond donors (Lipinski definition) is 2. The first kappa shape index (κ1) is 12.4. The fourth-order valence-electron chi connectivity index (χ4n) is 2.07. The van der Waals surface area contributed by atoms with Gasteiger partial charge in [-0.15, -0.1) is 0 Å². The van der Waals surface area contributed by atoms with Crippen LogP contribution in [0.3, 0.4) is 0 Å². The number of anilines is 1. The molecular formula is C11H17ClN4O. The Labute approximate surface area is 106 Å². The second-order valence-electron chi connectivity index (χ2n) is 4.31. The Kier molecular flexibility index (Phi) is 4.39. The highest BCUT2D eigenvalue weighted by molar-refractivity contribution is 6.31. The Bertz CT molecular complexity index is 368. The highest BCUT2D eigenvalue weighted by atomic mass is 35.5. The van der Waals surface area contributed by atoms with E-state index >= 15 is 0 Å². The summed E-state index contributed by atoms with van der Waals surface area (Å²) in [4.78, 5) is 7.97. The number of hydrogen-bond acceptors (Lipinski definition) is 5. The Morgan fingerprint density at radius 3 is 2.88 bits per heavy atom. The van der Waals surface area contributed by atoms with Crippen molar-refractivity contribution in [2.45, 2.75) is 32.1 Å². The van der Waals surface area contributed by atoms with E-state index in [0.29, 0.717) is 29.4 Å². The molecular weight excluding hydrogens is 240 g/mol. The van der Waals surface area contributed by atoms with E-state index in [1.165, 1.54) is 38.3 Å². The molecule has 1 aliphatic carbocycles. The van der Waals surface area contributed by atoms with Crippen molar-refractivity contribution in [3.8, 4) is 5.88 Å². The van der Waals surface area contributed by atoms with Gasteiger partial charge in [0.05, 0.1) is 12.8 Å². The van der Waals surface area contributed by atoms with E-state index in [-0.39, 0.29) is 0 Å². The largest absolute Gasteiger partial charge is 0.476 e. The number of nitrogens with one attached hydrogen (secondary N) is 1. The zero-order chi connectivity index (χ0) is 12.1. The van der Waals surface area contributed by atoms with Gasteiger partial charge in [0.15, 0.2) is 0 Å². The molecule has 0 spiro atoms. The van der Waals surface area contributed by atoms with Gasteiger partial charge in [0.25, 0.3) is 0 Å². The number of aromatic nitrogens is 2. The second-order valence-corrected chi connectivity index (χ2v) is 4.71. The van der Waals surface area contributed by atoms with Gasteiger partial charge in [0.1, 0.15) is 5.02 Å². The number of nitrogens with zero attached hydrogens (tertiary/aromatic N) is 2. The maximum Gasteiger partial charge on any atom is 0.240 e. The molecule has 2 rings (SSSR count). The van der Waals surface area contributed by atoms with Gasteiger partial charge in [-0.05, 0) is 18.8 Å². The molecule has 0 aromatic carbocycles. The molecule has 5 nitrogen and oxygen atoms in total. The molecule has 0 bridgehead atoms. The predicted octanol–water partition coefficient (Wildman–Crippen LogP) is 2.37. The molecule has 1 aliphatic rings. The number of halogens is 1. The smallest absolute Gasteiger partial charge is 0.240 e. The Hall–Kier alpha value is -1.07. The van der Waals surface area contributed by atoms with Crippen LogP contribution in [0.2, 0.25) is 5.02 Å². The fourth-order valence-corrected chi connectivity index (χ4v) is 2.22. The molecule has 0 saturated heterocycles.